The molecule has 0 aliphatic heterocycles. The number of Topliss-reactive ketones (excluding diaryl/α,β-unsaturated/α-hetero) is 1. The molecule has 0 bridgehead atoms. The number of ketones is 1. The van der Waals surface area contributed by atoms with Crippen molar-refractivity contribution in [3.63, 3.8) is 0 Å². The molecule has 3 heterocycles. The molecule has 1 aliphatic rings. The molecule has 146 valence electrons. The summed E-state index contributed by atoms with van der Waals surface area (Å²) >= 11 is 1.60. The number of hydrogen-bond donors (Lipinski definition) is 1. The molecule has 5 rings (SSSR count). The van der Waals surface area contributed by atoms with Crippen LogP contribution in [0, 0.1) is 6.92 Å². The number of nitrogens with one attached hydrogen (secondary N) is 1. The molecule has 1 aromatic carbocycles. The zero-order valence-electron chi connectivity index (χ0n) is 16.2. The van der Waals surface area contributed by atoms with E-state index >= 15 is 0 Å². The molecule has 7 heteroatoms. The van der Waals surface area contributed by atoms with Crippen molar-refractivity contribution in [1.82, 2.24) is 25.1 Å². The van der Waals surface area contributed by atoms with E-state index in [1.807, 2.05) is 0 Å². The molecule has 0 amide bonds. The van der Waals surface area contributed by atoms with E-state index in [1.54, 1.807) is 23.9 Å². The summed E-state index contributed by atoms with van der Waals surface area (Å²) in [5.74, 6) is 0.156. The second-order valence-electron chi connectivity index (χ2n) is 7.51. The number of thiazole rings is 1. The molecule has 0 saturated carbocycles. The topological polar surface area (TPSA) is 84.4 Å². The number of H-pyrrole nitrogens is 1. The Morgan fingerprint density at radius 3 is 2.97 bits per heavy atom. The third-order valence-electron chi connectivity index (χ3n) is 5.57. The van der Waals surface area contributed by atoms with Crippen molar-refractivity contribution in [1.29, 1.82) is 0 Å². The Labute approximate surface area is 172 Å². The number of aryl methyl sites for hydroxylation is 4. The molecule has 1 N–H and O–H groups in total. The third kappa shape index (κ3) is 3.46. The van der Waals surface area contributed by atoms with Crippen molar-refractivity contribution in [2.45, 2.75) is 45.4 Å². The summed E-state index contributed by atoms with van der Waals surface area (Å²) < 4.78 is 0. The molecule has 6 nitrogen and oxygen atoms in total. The van der Waals surface area contributed by atoms with E-state index in [1.165, 1.54) is 23.3 Å². The van der Waals surface area contributed by atoms with Crippen LogP contribution in [0.1, 0.15) is 50.8 Å². The zero-order chi connectivity index (χ0) is 19.8. The van der Waals surface area contributed by atoms with E-state index in [9.17, 15) is 4.79 Å². The van der Waals surface area contributed by atoms with Crippen molar-refractivity contribution >= 4 is 28.2 Å². The van der Waals surface area contributed by atoms with Gasteiger partial charge in [0.05, 0.1) is 23.0 Å². The lowest BCUT2D eigenvalue weighted by atomic mass is 9.98. The second-order valence-corrected chi connectivity index (χ2v) is 8.60. The first-order valence-electron chi connectivity index (χ1n) is 9.95. The number of carbonyl (C=O) groups excluding carboxylic acids is 1. The van der Waals surface area contributed by atoms with Crippen LogP contribution in [-0.4, -0.2) is 30.9 Å². The summed E-state index contributed by atoms with van der Waals surface area (Å²) in [4.78, 5) is 27.2. The Kier molecular flexibility index (Phi) is 4.67. The maximum atomic E-state index is 12.7. The average Bonchev–Trinajstić information content (AvgIpc) is 3.39. The second kappa shape index (κ2) is 7.48. The predicted octanol–water partition coefficient (Wildman–Crippen LogP) is 4.48. The van der Waals surface area contributed by atoms with Crippen LogP contribution >= 0.6 is 11.3 Å². The quantitative estimate of drug-likeness (QED) is 0.497. The number of nitrogens with zero attached hydrogens (tertiary/aromatic N) is 4. The van der Waals surface area contributed by atoms with Gasteiger partial charge in [-0.2, -0.15) is 5.10 Å². The van der Waals surface area contributed by atoms with Crippen LogP contribution in [0.4, 0.5) is 0 Å². The van der Waals surface area contributed by atoms with Gasteiger partial charge in [0, 0.05) is 16.9 Å². The summed E-state index contributed by atoms with van der Waals surface area (Å²) in [6.07, 6.45) is 9.01. The summed E-state index contributed by atoms with van der Waals surface area (Å²) in [6.45, 7) is 2.08. The van der Waals surface area contributed by atoms with Gasteiger partial charge in [0.2, 0.25) is 0 Å². The molecule has 0 fully saturated rings. The Morgan fingerprint density at radius 1 is 1.21 bits per heavy atom. The number of benzene rings is 1. The minimum atomic E-state index is 0.156. The Balaban J connectivity index is 1.33. The zero-order valence-corrected chi connectivity index (χ0v) is 17.1. The number of aromatic amines is 1. The first-order valence-corrected chi connectivity index (χ1v) is 10.8. The summed E-state index contributed by atoms with van der Waals surface area (Å²) in [7, 11) is 0. The maximum absolute atomic E-state index is 12.7. The van der Waals surface area contributed by atoms with E-state index < -0.39 is 0 Å². The van der Waals surface area contributed by atoms with Crippen LogP contribution in [-0.2, 0) is 19.3 Å². The fourth-order valence-electron chi connectivity index (χ4n) is 3.95. The lowest BCUT2D eigenvalue weighted by molar-refractivity contribution is 0.0982. The Hall–Kier alpha value is -2.93. The largest absolute Gasteiger partial charge is 0.292 e. The van der Waals surface area contributed by atoms with Gasteiger partial charge in [0.15, 0.2) is 16.4 Å². The highest BCUT2D eigenvalue weighted by Crippen LogP contribution is 2.29. The third-order valence-corrected chi connectivity index (χ3v) is 6.77. The lowest BCUT2D eigenvalue weighted by Gasteiger charge is -2.08. The molecule has 0 atom stereocenters. The average molecular weight is 404 g/mol. The summed E-state index contributed by atoms with van der Waals surface area (Å²) in [5, 5.41) is 8.53. The molecular weight excluding hydrogens is 382 g/mol. The Bertz CT molecular complexity index is 1190. The molecule has 0 saturated heterocycles. The van der Waals surface area contributed by atoms with Crippen LogP contribution in [0.3, 0.4) is 0 Å². The molecule has 4 aromatic rings. The van der Waals surface area contributed by atoms with Crippen molar-refractivity contribution in [2.75, 3.05) is 0 Å². The smallest absolute Gasteiger partial charge is 0.191 e. The van der Waals surface area contributed by atoms with E-state index in [0.29, 0.717) is 11.4 Å². The van der Waals surface area contributed by atoms with Gasteiger partial charge in [-0.05, 0) is 56.2 Å². The predicted molar refractivity (Wildman–Crippen MR) is 113 cm³/mol. The van der Waals surface area contributed by atoms with Crippen molar-refractivity contribution in [3.8, 4) is 11.3 Å². The normalized spacial score (nSPS) is 13.6. The first kappa shape index (κ1) is 18.1. The van der Waals surface area contributed by atoms with E-state index in [2.05, 4.69) is 50.3 Å². The van der Waals surface area contributed by atoms with Gasteiger partial charge in [-0.25, -0.2) is 15.0 Å². The first-order chi connectivity index (χ1) is 14.2. The fraction of sp³-hybridized carbons (Fsp3) is 0.318. The Morgan fingerprint density at radius 2 is 2.10 bits per heavy atom. The van der Waals surface area contributed by atoms with E-state index in [0.717, 1.165) is 52.8 Å². The molecule has 0 unspecified atom stereocenters. The van der Waals surface area contributed by atoms with Crippen molar-refractivity contribution in [2.24, 2.45) is 0 Å². The van der Waals surface area contributed by atoms with Crippen LogP contribution in [0.2, 0.25) is 0 Å². The standard InChI is InChI=1S/C22H21N5OS/c1-13-10-15(20-16-11-25-27-21(16)24-12-23-20)7-6-14(13)8-9-18(28)22-26-17-4-2-3-5-19(17)29-22/h6-7,10-12H,2-5,8-9H2,1H3,(H,23,24,25,27). The van der Waals surface area contributed by atoms with Crippen molar-refractivity contribution < 1.29 is 4.79 Å². The maximum Gasteiger partial charge on any atom is 0.191 e. The van der Waals surface area contributed by atoms with Gasteiger partial charge in [-0.3, -0.25) is 9.89 Å². The fourth-order valence-corrected chi connectivity index (χ4v) is 5.06. The number of carbonyl (C=O) groups is 1. The van der Waals surface area contributed by atoms with Crippen LogP contribution in [0.25, 0.3) is 22.3 Å². The van der Waals surface area contributed by atoms with Gasteiger partial charge in [-0.1, -0.05) is 12.1 Å². The van der Waals surface area contributed by atoms with Gasteiger partial charge in [-0.15, -0.1) is 11.3 Å². The minimum Gasteiger partial charge on any atom is -0.292 e. The van der Waals surface area contributed by atoms with Crippen LogP contribution < -0.4 is 0 Å². The number of fused-ring (bicyclic) bond motifs is 2. The van der Waals surface area contributed by atoms with Gasteiger partial charge < -0.3 is 0 Å². The highest BCUT2D eigenvalue weighted by atomic mass is 32.1. The highest BCUT2D eigenvalue weighted by molar-refractivity contribution is 7.13. The van der Waals surface area contributed by atoms with E-state index in [-0.39, 0.29) is 5.78 Å². The SMILES string of the molecule is Cc1cc(-c2ncnc3[nH]ncc23)ccc1CCC(=O)c1nc2c(s1)CCCC2. The molecule has 0 radical (unpaired) electrons. The molecule has 3 aromatic heterocycles. The summed E-state index contributed by atoms with van der Waals surface area (Å²) in [6, 6.07) is 6.28. The van der Waals surface area contributed by atoms with Gasteiger partial charge >= 0.3 is 0 Å². The number of rotatable bonds is 5. The molecule has 29 heavy (non-hydrogen) atoms. The minimum absolute atomic E-state index is 0.156. The number of hydrogen-bond acceptors (Lipinski definition) is 6. The highest BCUT2D eigenvalue weighted by Gasteiger charge is 2.19. The number of aromatic nitrogens is 5. The molecule has 0 spiro atoms. The van der Waals surface area contributed by atoms with E-state index in [4.69, 9.17) is 0 Å². The van der Waals surface area contributed by atoms with Crippen molar-refractivity contribution in [3.05, 3.63) is 57.4 Å². The van der Waals surface area contributed by atoms with Gasteiger partial charge in [0.25, 0.3) is 0 Å². The van der Waals surface area contributed by atoms with Crippen LogP contribution in [0.15, 0.2) is 30.7 Å². The monoisotopic (exact) mass is 403 g/mol. The molecule has 1 aliphatic carbocycles. The van der Waals surface area contributed by atoms with Crippen LogP contribution in [0.5, 0.6) is 0 Å². The van der Waals surface area contributed by atoms with Gasteiger partial charge in [0.1, 0.15) is 6.33 Å². The summed E-state index contributed by atoms with van der Waals surface area (Å²) in [5.41, 5.74) is 6.11. The lowest BCUT2D eigenvalue weighted by Crippen LogP contribution is -2.03. The molecular formula is C22H21N5OS.